The number of nitrogens with one attached hydrogen (secondary N) is 2. The molecule has 1 atom stereocenters. The average molecular weight is 447 g/mol. The number of anilines is 4. The summed E-state index contributed by atoms with van der Waals surface area (Å²) in [5.41, 5.74) is -0.477. The molecule has 0 radical (unpaired) electrons. The lowest BCUT2D eigenvalue weighted by atomic mass is 10.2. The lowest BCUT2D eigenvalue weighted by molar-refractivity contribution is -0.384. The number of non-ortho nitro benzene ring substituents is 1. The van der Waals surface area contributed by atoms with Gasteiger partial charge in [-0.3, -0.25) is 10.1 Å². The van der Waals surface area contributed by atoms with Crippen molar-refractivity contribution >= 4 is 28.8 Å². The maximum absolute atomic E-state index is 13.6. The van der Waals surface area contributed by atoms with Crippen molar-refractivity contribution in [2.24, 2.45) is 0 Å². The summed E-state index contributed by atoms with van der Waals surface area (Å²) in [5, 5.41) is 16.2. The smallest absolute Gasteiger partial charge is 0.421 e. The molecule has 8 nitrogen and oxygen atoms in total. The predicted octanol–water partition coefficient (Wildman–Crippen LogP) is 6.07. The lowest BCUT2D eigenvalue weighted by Crippen LogP contribution is -2.14. The Morgan fingerprint density at radius 1 is 1.12 bits per heavy atom. The summed E-state index contributed by atoms with van der Waals surface area (Å²) in [6.07, 6.45) is -3.44. The molecule has 0 fully saturated rings. The van der Waals surface area contributed by atoms with Crippen LogP contribution in [0.4, 0.5) is 42.0 Å². The molecule has 0 saturated carbocycles. The van der Waals surface area contributed by atoms with Gasteiger partial charge in [0.25, 0.3) is 5.69 Å². The van der Waals surface area contributed by atoms with Crippen LogP contribution in [0.25, 0.3) is 0 Å². The second kappa shape index (κ2) is 9.50. The van der Waals surface area contributed by atoms with Gasteiger partial charge >= 0.3 is 6.18 Å². The summed E-state index contributed by atoms with van der Waals surface area (Å²) >= 11 is 0. The molecule has 3 aromatic rings. The van der Waals surface area contributed by atoms with Crippen LogP contribution in [0.15, 0.2) is 54.7 Å². The van der Waals surface area contributed by atoms with Crippen LogP contribution in [0, 0.1) is 10.1 Å². The van der Waals surface area contributed by atoms with Crippen LogP contribution in [0.1, 0.15) is 25.8 Å². The van der Waals surface area contributed by atoms with E-state index in [0.717, 1.165) is 6.42 Å². The molecule has 0 bridgehead atoms. The van der Waals surface area contributed by atoms with Crippen LogP contribution >= 0.6 is 0 Å². The monoisotopic (exact) mass is 447 g/mol. The van der Waals surface area contributed by atoms with Crippen molar-refractivity contribution in [3.05, 3.63) is 70.4 Å². The minimum atomic E-state index is -4.69. The molecule has 0 saturated heterocycles. The Kier molecular flexibility index (Phi) is 6.76. The Morgan fingerprint density at radius 2 is 1.81 bits per heavy atom. The van der Waals surface area contributed by atoms with Gasteiger partial charge in [-0.25, -0.2) is 4.98 Å². The number of halogens is 3. The first-order chi connectivity index (χ1) is 15.2. The van der Waals surface area contributed by atoms with E-state index in [0.29, 0.717) is 23.3 Å². The molecule has 0 spiro atoms. The van der Waals surface area contributed by atoms with Gasteiger partial charge in [-0.15, -0.1) is 0 Å². The molecule has 1 aromatic heterocycles. The molecular formula is C21H20F3N5O3. The first-order valence-electron chi connectivity index (χ1n) is 9.65. The van der Waals surface area contributed by atoms with E-state index >= 15 is 0 Å². The number of rotatable bonds is 8. The van der Waals surface area contributed by atoms with Gasteiger partial charge in [0.1, 0.15) is 17.1 Å². The highest BCUT2D eigenvalue weighted by atomic mass is 19.4. The SMILES string of the molecule is CCC(C)Oc1ccccc1Nc1nc(Nc2ccc([N+](=O)[O-])cc2)ncc1C(F)(F)F. The zero-order chi connectivity index (χ0) is 23.3. The van der Waals surface area contributed by atoms with Gasteiger partial charge in [0.05, 0.1) is 16.7 Å². The topological polar surface area (TPSA) is 102 Å². The highest BCUT2D eigenvalue weighted by Gasteiger charge is 2.35. The number of nitrogens with zero attached hydrogens (tertiary/aromatic N) is 3. The van der Waals surface area contributed by atoms with Gasteiger partial charge < -0.3 is 15.4 Å². The summed E-state index contributed by atoms with van der Waals surface area (Å²) in [6, 6.07) is 11.9. The number of nitro groups is 1. The molecule has 3 rings (SSSR count). The van der Waals surface area contributed by atoms with Crippen molar-refractivity contribution in [1.82, 2.24) is 9.97 Å². The summed E-state index contributed by atoms with van der Waals surface area (Å²) in [4.78, 5) is 17.9. The zero-order valence-electron chi connectivity index (χ0n) is 17.2. The van der Waals surface area contributed by atoms with Crippen LogP contribution < -0.4 is 15.4 Å². The number of benzene rings is 2. The Morgan fingerprint density at radius 3 is 2.44 bits per heavy atom. The van der Waals surface area contributed by atoms with Crippen molar-refractivity contribution < 1.29 is 22.8 Å². The first-order valence-corrected chi connectivity index (χ1v) is 9.65. The van der Waals surface area contributed by atoms with Crippen LogP contribution in [0.2, 0.25) is 0 Å². The fourth-order valence-electron chi connectivity index (χ4n) is 2.64. The van der Waals surface area contributed by atoms with E-state index in [9.17, 15) is 23.3 Å². The van der Waals surface area contributed by atoms with Gasteiger partial charge in [-0.05, 0) is 37.6 Å². The molecule has 168 valence electrons. The molecule has 2 N–H and O–H groups in total. The first kappa shape index (κ1) is 22.8. The van der Waals surface area contributed by atoms with Crippen molar-refractivity contribution in [3.8, 4) is 5.75 Å². The molecule has 0 aliphatic heterocycles. The third-order valence-electron chi connectivity index (χ3n) is 4.47. The maximum Gasteiger partial charge on any atom is 0.421 e. The van der Waals surface area contributed by atoms with E-state index in [1.54, 1.807) is 24.3 Å². The second-order valence-corrected chi connectivity index (χ2v) is 6.84. The zero-order valence-corrected chi connectivity index (χ0v) is 17.2. The summed E-state index contributed by atoms with van der Waals surface area (Å²) in [6.45, 7) is 3.79. The minimum absolute atomic E-state index is 0.116. The molecule has 11 heteroatoms. The molecule has 0 aliphatic carbocycles. The third kappa shape index (κ3) is 5.62. The fraction of sp³-hybridized carbons (Fsp3) is 0.238. The largest absolute Gasteiger partial charge is 0.489 e. The number of para-hydroxylation sites is 2. The van der Waals surface area contributed by atoms with E-state index in [4.69, 9.17) is 4.74 Å². The van der Waals surface area contributed by atoms with E-state index in [1.165, 1.54) is 24.3 Å². The molecule has 2 aromatic carbocycles. The van der Waals surface area contributed by atoms with Gasteiger partial charge in [-0.2, -0.15) is 18.2 Å². The Balaban J connectivity index is 1.93. The number of hydrogen-bond donors (Lipinski definition) is 2. The van der Waals surface area contributed by atoms with Crippen LogP contribution in [0.5, 0.6) is 5.75 Å². The molecule has 1 unspecified atom stereocenters. The van der Waals surface area contributed by atoms with E-state index < -0.39 is 22.5 Å². The number of aromatic nitrogens is 2. The van der Waals surface area contributed by atoms with Gasteiger partial charge in [0.2, 0.25) is 5.95 Å². The predicted molar refractivity (Wildman–Crippen MR) is 114 cm³/mol. The Hall–Kier alpha value is -3.89. The molecule has 1 heterocycles. The highest BCUT2D eigenvalue weighted by Crippen LogP contribution is 2.37. The van der Waals surface area contributed by atoms with Gasteiger partial charge in [0.15, 0.2) is 0 Å². The third-order valence-corrected chi connectivity index (χ3v) is 4.47. The number of nitro benzene ring substituents is 1. The number of hydrogen-bond acceptors (Lipinski definition) is 7. The van der Waals surface area contributed by atoms with Crippen LogP contribution in [-0.4, -0.2) is 21.0 Å². The molecule has 32 heavy (non-hydrogen) atoms. The van der Waals surface area contributed by atoms with Crippen molar-refractivity contribution in [2.75, 3.05) is 10.6 Å². The highest BCUT2D eigenvalue weighted by molar-refractivity contribution is 5.67. The van der Waals surface area contributed by atoms with Crippen LogP contribution in [0.3, 0.4) is 0 Å². The van der Waals surface area contributed by atoms with E-state index in [-0.39, 0.29) is 17.7 Å². The second-order valence-electron chi connectivity index (χ2n) is 6.84. The Labute approximate surface area is 181 Å². The minimum Gasteiger partial charge on any atom is -0.489 e. The molecule has 0 amide bonds. The summed E-state index contributed by atoms with van der Waals surface area (Å²) in [7, 11) is 0. The standard InChI is InChI=1S/C21H20F3N5O3/c1-3-13(2)32-18-7-5-4-6-17(18)27-19-16(21(22,23)24)12-25-20(28-19)26-14-8-10-15(11-9-14)29(30)31/h4-13H,3H2,1-2H3,(H2,25,26,27,28). The van der Waals surface area contributed by atoms with E-state index in [1.807, 2.05) is 13.8 Å². The van der Waals surface area contributed by atoms with E-state index in [2.05, 4.69) is 20.6 Å². The Bertz CT molecular complexity index is 1090. The summed E-state index contributed by atoms with van der Waals surface area (Å²) < 4.78 is 46.5. The average Bonchev–Trinajstić information content (AvgIpc) is 2.74. The lowest BCUT2D eigenvalue weighted by Gasteiger charge is -2.19. The van der Waals surface area contributed by atoms with Crippen molar-refractivity contribution in [2.45, 2.75) is 32.5 Å². The summed E-state index contributed by atoms with van der Waals surface area (Å²) in [5.74, 6) is -0.190. The van der Waals surface area contributed by atoms with Crippen LogP contribution in [-0.2, 0) is 6.18 Å². The quantitative estimate of drug-likeness (QED) is 0.319. The fourth-order valence-corrected chi connectivity index (χ4v) is 2.64. The normalized spacial score (nSPS) is 12.2. The van der Waals surface area contributed by atoms with Gasteiger partial charge in [0, 0.05) is 24.0 Å². The maximum atomic E-state index is 13.6. The van der Waals surface area contributed by atoms with Crippen molar-refractivity contribution in [3.63, 3.8) is 0 Å². The van der Waals surface area contributed by atoms with Crippen molar-refractivity contribution in [1.29, 1.82) is 0 Å². The molecular weight excluding hydrogens is 427 g/mol. The number of ether oxygens (including phenoxy) is 1. The molecule has 0 aliphatic rings. The number of alkyl halides is 3. The van der Waals surface area contributed by atoms with Gasteiger partial charge in [-0.1, -0.05) is 19.1 Å².